The molecular weight excluding hydrogens is 258 g/mol. The monoisotopic (exact) mass is 277 g/mol. The molecule has 0 fully saturated rings. The van der Waals surface area contributed by atoms with Crippen LogP contribution in [0.25, 0.3) is 23.0 Å². The minimum atomic E-state index is 0.110. The summed E-state index contributed by atoms with van der Waals surface area (Å²) in [6, 6.07) is 12.6. The van der Waals surface area contributed by atoms with Gasteiger partial charge in [0.2, 0.25) is 0 Å². The molecule has 0 spiro atoms. The van der Waals surface area contributed by atoms with Crippen molar-refractivity contribution in [1.82, 2.24) is 0 Å². The molecule has 0 unspecified atom stereocenters. The lowest BCUT2D eigenvalue weighted by Gasteiger charge is -2.33. The van der Waals surface area contributed by atoms with Crippen LogP contribution >= 0.6 is 0 Å². The van der Waals surface area contributed by atoms with Gasteiger partial charge in [-0.05, 0) is 44.9 Å². The zero-order valence-electron chi connectivity index (χ0n) is 12.7. The molecule has 2 heterocycles. The number of fused-ring (bicyclic) bond motifs is 5. The zero-order valence-corrected chi connectivity index (χ0v) is 12.7. The first-order chi connectivity index (χ1) is 10.1. The smallest absolute Gasteiger partial charge is 0.134 e. The van der Waals surface area contributed by atoms with Gasteiger partial charge in [-0.1, -0.05) is 29.8 Å². The van der Waals surface area contributed by atoms with Gasteiger partial charge in [-0.25, -0.2) is 0 Å². The van der Waals surface area contributed by atoms with Crippen LogP contribution in [0.2, 0.25) is 0 Å². The van der Waals surface area contributed by atoms with E-state index in [0.29, 0.717) is 0 Å². The average molecular weight is 277 g/mol. The number of hydrogen-bond acceptors (Lipinski definition) is 2. The maximum atomic E-state index is 5.85. The van der Waals surface area contributed by atoms with E-state index >= 15 is 0 Å². The van der Waals surface area contributed by atoms with Crippen LogP contribution in [0.4, 0.5) is 5.69 Å². The molecule has 2 aromatic carbocycles. The van der Waals surface area contributed by atoms with Crippen LogP contribution in [0.5, 0.6) is 5.75 Å². The van der Waals surface area contributed by atoms with Crippen LogP contribution in [-0.2, 0) is 0 Å². The van der Waals surface area contributed by atoms with Crippen LogP contribution in [0, 0.1) is 0 Å². The SMILES string of the molecule is CC1=c2c(ccc3c2=COc2ccccc2-3)NC(C)(C)C1. The van der Waals surface area contributed by atoms with Gasteiger partial charge in [0.05, 0.1) is 6.26 Å². The Bertz CT molecular complexity index is 862. The molecule has 2 nitrogen and oxygen atoms in total. The molecule has 1 N–H and O–H groups in total. The van der Waals surface area contributed by atoms with Gasteiger partial charge >= 0.3 is 0 Å². The molecule has 0 aliphatic carbocycles. The Balaban J connectivity index is 2.06. The van der Waals surface area contributed by atoms with Crippen LogP contribution in [0.3, 0.4) is 0 Å². The minimum absolute atomic E-state index is 0.110. The predicted molar refractivity (Wildman–Crippen MR) is 87.6 cm³/mol. The molecule has 0 saturated carbocycles. The Kier molecular flexibility index (Phi) is 2.47. The number of nitrogens with one attached hydrogen (secondary N) is 1. The fourth-order valence-electron chi connectivity index (χ4n) is 3.62. The highest BCUT2D eigenvalue weighted by molar-refractivity contribution is 5.78. The summed E-state index contributed by atoms with van der Waals surface area (Å²) in [6.07, 6.45) is 2.95. The van der Waals surface area contributed by atoms with Crippen LogP contribution in [-0.4, -0.2) is 5.54 Å². The molecule has 2 heteroatoms. The van der Waals surface area contributed by atoms with E-state index in [1.807, 2.05) is 18.4 Å². The van der Waals surface area contributed by atoms with Gasteiger partial charge in [0, 0.05) is 27.2 Å². The quantitative estimate of drug-likeness (QED) is 0.798. The number of hydrogen-bond donors (Lipinski definition) is 1. The third-order valence-electron chi connectivity index (χ3n) is 4.33. The summed E-state index contributed by atoms with van der Waals surface area (Å²) >= 11 is 0. The van der Waals surface area contributed by atoms with Crippen LogP contribution < -0.4 is 20.5 Å². The van der Waals surface area contributed by atoms with Crippen LogP contribution in [0.1, 0.15) is 27.2 Å². The van der Waals surface area contributed by atoms with Gasteiger partial charge < -0.3 is 10.1 Å². The van der Waals surface area contributed by atoms with E-state index in [4.69, 9.17) is 4.74 Å². The topological polar surface area (TPSA) is 21.3 Å². The third-order valence-corrected chi connectivity index (χ3v) is 4.33. The van der Waals surface area contributed by atoms with Gasteiger partial charge in [0.1, 0.15) is 5.75 Å². The number of benzene rings is 2. The highest BCUT2D eigenvalue weighted by atomic mass is 16.5. The Morgan fingerprint density at radius 3 is 2.71 bits per heavy atom. The van der Waals surface area contributed by atoms with E-state index in [1.54, 1.807) is 0 Å². The minimum Gasteiger partial charge on any atom is -0.464 e. The van der Waals surface area contributed by atoms with Gasteiger partial charge in [0.15, 0.2) is 0 Å². The van der Waals surface area contributed by atoms with E-state index in [2.05, 4.69) is 50.4 Å². The molecule has 0 saturated heterocycles. The first-order valence-corrected chi connectivity index (χ1v) is 7.42. The Hall–Kier alpha value is -2.22. The average Bonchev–Trinajstić information content (AvgIpc) is 2.44. The fraction of sp³-hybridized carbons (Fsp3) is 0.263. The van der Waals surface area contributed by atoms with E-state index in [-0.39, 0.29) is 5.54 Å². The lowest BCUT2D eigenvalue weighted by molar-refractivity contribution is 0.536. The van der Waals surface area contributed by atoms with Crippen molar-refractivity contribution < 1.29 is 4.74 Å². The van der Waals surface area contributed by atoms with Crippen molar-refractivity contribution in [3.05, 3.63) is 46.8 Å². The molecule has 2 aliphatic rings. The van der Waals surface area contributed by atoms with Gasteiger partial charge in [-0.15, -0.1) is 0 Å². The molecule has 106 valence electrons. The largest absolute Gasteiger partial charge is 0.464 e. The van der Waals surface area contributed by atoms with Crippen molar-refractivity contribution in [1.29, 1.82) is 0 Å². The van der Waals surface area contributed by atoms with Gasteiger partial charge in [0.25, 0.3) is 0 Å². The summed E-state index contributed by atoms with van der Waals surface area (Å²) < 4.78 is 5.85. The summed E-state index contributed by atoms with van der Waals surface area (Å²) in [7, 11) is 0. The summed E-state index contributed by atoms with van der Waals surface area (Å²) in [6.45, 7) is 6.72. The lowest BCUT2D eigenvalue weighted by atomic mass is 9.87. The second kappa shape index (κ2) is 4.14. The van der Waals surface area contributed by atoms with Gasteiger partial charge in [-0.3, -0.25) is 0 Å². The summed E-state index contributed by atoms with van der Waals surface area (Å²) in [4.78, 5) is 0. The van der Waals surface area contributed by atoms with E-state index in [0.717, 1.165) is 12.2 Å². The normalized spacial score (nSPS) is 17.6. The van der Waals surface area contributed by atoms with Gasteiger partial charge in [-0.2, -0.15) is 0 Å². The predicted octanol–water partition coefficient (Wildman–Crippen LogP) is 3.25. The number of ether oxygens (including phenoxy) is 1. The second-order valence-electron chi connectivity index (χ2n) is 6.65. The van der Waals surface area contributed by atoms with Crippen LogP contribution in [0.15, 0.2) is 36.4 Å². The van der Waals surface area contributed by atoms with Crippen molar-refractivity contribution in [2.24, 2.45) is 0 Å². The molecule has 2 aromatic rings. The van der Waals surface area contributed by atoms with Crippen molar-refractivity contribution in [2.75, 3.05) is 5.32 Å². The number of para-hydroxylation sites is 1. The molecule has 2 aliphatic heterocycles. The summed E-state index contributed by atoms with van der Waals surface area (Å²) in [5.74, 6) is 0.937. The number of rotatable bonds is 0. The summed E-state index contributed by atoms with van der Waals surface area (Å²) in [5.41, 5.74) is 5.18. The molecular formula is C19H19NO. The van der Waals surface area contributed by atoms with E-state index in [1.165, 1.54) is 32.8 Å². The Labute approximate surface area is 124 Å². The molecule has 0 amide bonds. The Morgan fingerprint density at radius 1 is 1.05 bits per heavy atom. The first-order valence-electron chi connectivity index (χ1n) is 7.42. The maximum absolute atomic E-state index is 5.85. The lowest BCUT2D eigenvalue weighted by Crippen LogP contribution is -2.44. The van der Waals surface area contributed by atoms with Crippen molar-refractivity contribution >= 4 is 17.5 Å². The molecule has 0 aromatic heterocycles. The summed E-state index contributed by atoms with van der Waals surface area (Å²) in [5, 5.41) is 6.15. The highest BCUT2D eigenvalue weighted by Crippen LogP contribution is 2.31. The van der Waals surface area contributed by atoms with Crippen molar-refractivity contribution in [3.63, 3.8) is 0 Å². The third kappa shape index (κ3) is 1.86. The highest BCUT2D eigenvalue weighted by Gasteiger charge is 2.25. The van der Waals surface area contributed by atoms with E-state index < -0.39 is 0 Å². The molecule has 0 bridgehead atoms. The zero-order chi connectivity index (χ0) is 14.6. The number of anilines is 1. The Morgan fingerprint density at radius 2 is 1.86 bits per heavy atom. The van der Waals surface area contributed by atoms with Crippen molar-refractivity contribution in [3.8, 4) is 16.9 Å². The molecule has 4 rings (SSSR count). The maximum Gasteiger partial charge on any atom is 0.134 e. The second-order valence-corrected chi connectivity index (χ2v) is 6.65. The van der Waals surface area contributed by atoms with E-state index in [9.17, 15) is 0 Å². The molecule has 0 atom stereocenters. The molecule has 0 radical (unpaired) electrons. The fourth-order valence-corrected chi connectivity index (χ4v) is 3.62. The first kappa shape index (κ1) is 12.5. The molecule has 21 heavy (non-hydrogen) atoms. The van der Waals surface area contributed by atoms with Crippen molar-refractivity contribution in [2.45, 2.75) is 32.7 Å². The standard InChI is InChI=1S/C19H19NO/c1-12-10-19(2,3)20-16-9-8-13-14-6-4-5-7-17(14)21-11-15(13)18(12)16/h4-9,11,20H,10H2,1-3H3.